The number of nitrogens with zero attached hydrogens (tertiary/aromatic N) is 1. The Hall–Kier alpha value is -2.27. The molecule has 0 unspecified atom stereocenters. The van der Waals surface area contributed by atoms with Gasteiger partial charge in [-0.3, -0.25) is 0 Å². The average Bonchev–Trinajstić information content (AvgIpc) is 2.35. The summed E-state index contributed by atoms with van der Waals surface area (Å²) in [6.45, 7) is 11.5. The van der Waals surface area contributed by atoms with E-state index in [2.05, 4.69) is 16.7 Å². The Morgan fingerprint density at radius 3 is 2.69 bits per heavy atom. The topological polar surface area (TPSA) is 16.4 Å². The first kappa shape index (κ1) is 10.3. The van der Waals surface area contributed by atoms with Crippen LogP contribution in [0.2, 0.25) is 0 Å². The molecule has 2 nitrogen and oxygen atoms in total. The fraction of sp³-hybridized carbons (Fsp3) is 0.0714. The molecular formula is C14H12N2. The molecule has 0 bridgehead atoms. The quantitative estimate of drug-likeness (QED) is 0.596. The summed E-state index contributed by atoms with van der Waals surface area (Å²) in [5.41, 5.74) is 1.74. The first-order valence-electron chi connectivity index (χ1n) is 5.11. The van der Waals surface area contributed by atoms with Gasteiger partial charge in [-0.2, -0.15) is 0 Å². The lowest BCUT2D eigenvalue weighted by atomic mass is 10.1. The number of anilines is 1. The highest BCUT2D eigenvalue weighted by atomic mass is 14.9. The van der Waals surface area contributed by atoms with Crippen molar-refractivity contribution in [1.82, 2.24) is 0 Å². The van der Waals surface area contributed by atoms with Crippen molar-refractivity contribution in [2.75, 3.05) is 11.9 Å². The summed E-state index contributed by atoms with van der Waals surface area (Å²) in [5, 5.41) is 5.34. The number of nitrogens with one attached hydrogen (secondary N) is 1. The molecule has 0 aliphatic carbocycles. The van der Waals surface area contributed by atoms with Gasteiger partial charge in [0.05, 0.1) is 6.57 Å². The molecule has 0 fully saturated rings. The van der Waals surface area contributed by atoms with Crippen molar-refractivity contribution in [2.24, 2.45) is 0 Å². The molecule has 78 valence electrons. The van der Waals surface area contributed by atoms with E-state index in [-0.39, 0.29) is 0 Å². The second-order valence-electron chi connectivity index (χ2n) is 3.46. The molecule has 0 aliphatic heterocycles. The van der Waals surface area contributed by atoms with Gasteiger partial charge >= 0.3 is 0 Å². The maximum absolute atomic E-state index is 7.12. The van der Waals surface area contributed by atoms with E-state index in [1.165, 1.54) is 0 Å². The van der Waals surface area contributed by atoms with E-state index >= 15 is 0 Å². The van der Waals surface area contributed by atoms with Gasteiger partial charge < -0.3 is 5.32 Å². The van der Waals surface area contributed by atoms with Crippen LogP contribution in [0.5, 0.6) is 0 Å². The number of hydrogen-bond donors (Lipinski definition) is 1. The monoisotopic (exact) mass is 208 g/mol. The normalized spacial score (nSPS) is 9.69. The number of hydrogen-bond acceptors (Lipinski definition) is 1. The molecule has 0 aromatic heterocycles. The summed E-state index contributed by atoms with van der Waals surface area (Å²) >= 11 is 0. The summed E-state index contributed by atoms with van der Waals surface area (Å²) < 4.78 is 0. The van der Waals surface area contributed by atoms with Crippen molar-refractivity contribution in [1.29, 1.82) is 0 Å². The van der Waals surface area contributed by atoms with Gasteiger partial charge in [-0.25, -0.2) is 4.85 Å². The molecule has 2 aromatic rings. The van der Waals surface area contributed by atoms with Crippen LogP contribution >= 0.6 is 0 Å². The smallest absolute Gasteiger partial charge is 0.194 e. The SMILES string of the molecule is [C-]#[N+]c1cccc2c(NCC=C)cccc12. The lowest BCUT2D eigenvalue weighted by Crippen LogP contribution is -1.97. The van der Waals surface area contributed by atoms with Crippen LogP contribution in [0.15, 0.2) is 49.1 Å². The number of fused-ring (bicyclic) bond motifs is 1. The zero-order chi connectivity index (χ0) is 11.4. The zero-order valence-corrected chi connectivity index (χ0v) is 8.90. The van der Waals surface area contributed by atoms with Crippen LogP contribution in [0, 0.1) is 6.57 Å². The van der Waals surface area contributed by atoms with Gasteiger partial charge in [0.25, 0.3) is 0 Å². The predicted molar refractivity (Wildman–Crippen MR) is 68.9 cm³/mol. The molecule has 0 spiro atoms. The molecule has 1 N–H and O–H groups in total. The third-order valence-electron chi connectivity index (χ3n) is 2.46. The van der Waals surface area contributed by atoms with Crippen molar-refractivity contribution >= 4 is 22.1 Å². The lowest BCUT2D eigenvalue weighted by Gasteiger charge is -2.08. The van der Waals surface area contributed by atoms with Crippen LogP contribution < -0.4 is 5.32 Å². The molecule has 2 rings (SSSR count). The van der Waals surface area contributed by atoms with Gasteiger partial charge in [0.15, 0.2) is 5.69 Å². The second-order valence-corrected chi connectivity index (χ2v) is 3.46. The number of rotatable bonds is 3. The molecule has 0 aliphatic rings. The van der Waals surface area contributed by atoms with E-state index in [1.54, 1.807) is 0 Å². The molecule has 0 atom stereocenters. The van der Waals surface area contributed by atoms with Gasteiger partial charge in [0, 0.05) is 12.2 Å². The van der Waals surface area contributed by atoms with Crippen molar-refractivity contribution in [2.45, 2.75) is 0 Å². The molecule has 2 aromatic carbocycles. The van der Waals surface area contributed by atoms with E-state index in [9.17, 15) is 0 Å². The summed E-state index contributed by atoms with van der Waals surface area (Å²) in [4.78, 5) is 3.52. The highest BCUT2D eigenvalue weighted by Crippen LogP contribution is 2.30. The summed E-state index contributed by atoms with van der Waals surface area (Å²) in [7, 11) is 0. The van der Waals surface area contributed by atoms with Gasteiger partial charge in [-0.15, -0.1) is 6.58 Å². The Kier molecular flexibility index (Phi) is 2.88. The molecule has 0 radical (unpaired) electrons. The molecule has 0 amide bonds. The molecule has 0 heterocycles. The molecular weight excluding hydrogens is 196 g/mol. The van der Waals surface area contributed by atoms with Crippen LogP contribution in [0.25, 0.3) is 15.6 Å². The third kappa shape index (κ3) is 1.76. The Morgan fingerprint density at radius 1 is 1.19 bits per heavy atom. The number of benzene rings is 2. The van der Waals surface area contributed by atoms with Crippen molar-refractivity contribution in [3.63, 3.8) is 0 Å². The summed E-state index contributed by atoms with van der Waals surface area (Å²) in [6.07, 6.45) is 1.82. The molecule has 0 saturated carbocycles. The fourth-order valence-electron chi connectivity index (χ4n) is 1.73. The minimum Gasteiger partial charge on any atom is -0.381 e. The Labute approximate surface area is 95.0 Å². The zero-order valence-electron chi connectivity index (χ0n) is 8.90. The first-order valence-corrected chi connectivity index (χ1v) is 5.11. The first-order chi connectivity index (χ1) is 7.86. The third-order valence-corrected chi connectivity index (χ3v) is 2.46. The minimum absolute atomic E-state index is 0.694. The van der Waals surface area contributed by atoms with E-state index < -0.39 is 0 Å². The van der Waals surface area contributed by atoms with E-state index in [4.69, 9.17) is 6.57 Å². The van der Waals surface area contributed by atoms with Gasteiger partial charge in [0.1, 0.15) is 0 Å². The Bertz CT molecular complexity index is 564. The van der Waals surface area contributed by atoms with Gasteiger partial charge in [0.2, 0.25) is 0 Å². The van der Waals surface area contributed by atoms with Crippen LogP contribution in [0.4, 0.5) is 11.4 Å². The maximum Gasteiger partial charge on any atom is 0.194 e. The fourth-order valence-corrected chi connectivity index (χ4v) is 1.73. The highest BCUT2D eigenvalue weighted by molar-refractivity contribution is 6.01. The second kappa shape index (κ2) is 4.50. The average molecular weight is 208 g/mol. The predicted octanol–water partition coefficient (Wildman–Crippen LogP) is 3.99. The summed E-state index contributed by atoms with van der Waals surface area (Å²) in [6, 6.07) is 11.7. The van der Waals surface area contributed by atoms with Crippen molar-refractivity contribution in [3.05, 3.63) is 60.5 Å². The van der Waals surface area contributed by atoms with Crippen molar-refractivity contribution in [3.8, 4) is 0 Å². The van der Waals surface area contributed by atoms with E-state index in [0.29, 0.717) is 5.69 Å². The minimum atomic E-state index is 0.694. The van der Waals surface area contributed by atoms with E-state index in [0.717, 1.165) is 23.0 Å². The Balaban J connectivity index is 2.60. The standard InChI is InChI=1S/C14H12N2/c1-3-10-16-14-9-5-6-11-12(14)7-4-8-13(11)15-2/h3-9,16H,1,10H2. The lowest BCUT2D eigenvalue weighted by molar-refractivity contribution is 1.36. The van der Waals surface area contributed by atoms with Crippen LogP contribution in [0.1, 0.15) is 0 Å². The molecule has 0 saturated heterocycles. The van der Waals surface area contributed by atoms with Crippen LogP contribution in [-0.2, 0) is 0 Å². The van der Waals surface area contributed by atoms with Crippen LogP contribution in [0.3, 0.4) is 0 Å². The summed E-state index contributed by atoms with van der Waals surface area (Å²) in [5.74, 6) is 0. The van der Waals surface area contributed by atoms with Gasteiger partial charge in [-0.1, -0.05) is 36.4 Å². The van der Waals surface area contributed by atoms with Crippen LogP contribution in [-0.4, -0.2) is 6.54 Å². The maximum atomic E-state index is 7.12. The Morgan fingerprint density at radius 2 is 1.94 bits per heavy atom. The van der Waals surface area contributed by atoms with E-state index in [1.807, 2.05) is 42.5 Å². The highest BCUT2D eigenvalue weighted by Gasteiger charge is 2.03. The van der Waals surface area contributed by atoms with Crippen molar-refractivity contribution < 1.29 is 0 Å². The molecule has 2 heteroatoms. The van der Waals surface area contributed by atoms with Gasteiger partial charge in [-0.05, 0) is 16.8 Å². The molecule has 16 heavy (non-hydrogen) atoms. The largest absolute Gasteiger partial charge is 0.381 e.